The highest BCUT2D eigenvalue weighted by Gasteiger charge is 2.14. The lowest BCUT2D eigenvalue weighted by Crippen LogP contribution is -2.21. The Morgan fingerprint density at radius 3 is 2.85 bits per heavy atom. The number of alkyl halides is 1. The first-order chi connectivity index (χ1) is 6.33. The first-order valence-electron chi connectivity index (χ1n) is 4.52. The summed E-state index contributed by atoms with van der Waals surface area (Å²) in [6, 6.07) is 1.92. The van der Waals surface area contributed by atoms with E-state index in [2.05, 4.69) is 0 Å². The molecule has 4 heteroatoms. The third kappa shape index (κ3) is 4.47. The van der Waals surface area contributed by atoms with E-state index in [-0.39, 0.29) is 0 Å². The van der Waals surface area contributed by atoms with E-state index in [1.807, 2.05) is 6.07 Å². The molecule has 1 rings (SSSR count). The molecule has 1 aliphatic rings. The highest BCUT2D eigenvalue weighted by molar-refractivity contribution is 6.22. The summed E-state index contributed by atoms with van der Waals surface area (Å²) in [5.41, 5.74) is 0. The van der Waals surface area contributed by atoms with Gasteiger partial charge in [-0.15, -0.1) is 11.6 Å². The molecule has 1 saturated heterocycles. The normalized spacial score (nSPS) is 20.9. The van der Waals surface area contributed by atoms with E-state index in [0.29, 0.717) is 19.1 Å². The summed E-state index contributed by atoms with van der Waals surface area (Å²) >= 11 is 5.57. The van der Waals surface area contributed by atoms with E-state index in [0.717, 1.165) is 26.1 Å². The molecule has 74 valence electrons. The van der Waals surface area contributed by atoms with Gasteiger partial charge in [-0.3, -0.25) is 0 Å². The van der Waals surface area contributed by atoms with E-state index < -0.39 is 5.38 Å². The molecule has 0 radical (unpaired) electrons. The number of nitriles is 1. The molecule has 3 nitrogen and oxygen atoms in total. The van der Waals surface area contributed by atoms with Crippen LogP contribution < -0.4 is 0 Å². The molecular weight excluding hydrogens is 190 g/mol. The molecule has 1 fully saturated rings. The van der Waals surface area contributed by atoms with E-state index in [9.17, 15) is 0 Å². The summed E-state index contributed by atoms with van der Waals surface area (Å²) in [7, 11) is 0. The van der Waals surface area contributed by atoms with Crippen molar-refractivity contribution in [2.45, 2.75) is 18.2 Å². The molecule has 0 spiro atoms. The number of hydrogen-bond donors (Lipinski definition) is 0. The highest BCUT2D eigenvalue weighted by Crippen LogP contribution is 2.14. The lowest BCUT2D eigenvalue weighted by atomic mass is 10.0. The van der Waals surface area contributed by atoms with Crippen LogP contribution in [0, 0.1) is 17.2 Å². The lowest BCUT2D eigenvalue weighted by Gasteiger charge is -2.21. The van der Waals surface area contributed by atoms with Crippen molar-refractivity contribution in [2.24, 2.45) is 5.92 Å². The van der Waals surface area contributed by atoms with Gasteiger partial charge in [-0.2, -0.15) is 5.26 Å². The Kier molecular flexibility index (Phi) is 5.14. The third-order valence-electron chi connectivity index (χ3n) is 2.10. The molecule has 1 aliphatic heterocycles. The second kappa shape index (κ2) is 6.20. The SMILES string of the molecule is N#CC(Cl)COCC1CCOCC1. The predicted molar refractivity (Wildman–Crippen MR) is 49.6 cm³/mol. The molecule has 0 N–H and O–H groups in total. The molecule has 0 aromatic heterocycles. The summed E-state index contributed by atoms with van der Waals surface area (Å²) in [6.07, 6.45) is 2.11. The molecule has 1 atom stereocenters. The summed E-state index contributed by atoms with van der Waals surface area (Å²) in [5.74, 6) is 0.580. The second-order valence-electron chi connectivity index (χ2n) is 3.19. The van der Waals surface area contributed by atoms with E-state index in [1.54, 1.807) is 0 Å². The molecule has 1 heterocycles. The monoisotopic (exact) mass is 203 g/mol. The van der Waals surface area contributed by atoms with Gasteiger partial charge in [-0.1, -0.05) is 0 Å². The highest BCUT2D eigenvalue weighted by atomic mass is 35.5. The summed E-state index contributed by atoms with van der Waals surface area (Å²) < 4.78 is 10.5. The van der Waals surface area contributed by atoms with Crippen molar-refractivity contribution in [3.8, 4) is 6.07 Å². The Morgan fingerprint density at radius 2 is 2.23 bits per heavy atom. The summed E-state index contributed by atoms with van der Waals surface area (Å²) in [4.78, 5) is 0. The van der Waals surface area contributed by atoms with Crippen LogP contribution in [-0.2, 0) is 9.47 Å². The molecule has 0 saturated carbocycles. The molecule has 0 aromatic rings. The fourth-order valence-electron chi connectivity index (χ4n) is 1.29. The van der Waals surface area contributed by atoms with E-state index in [4.69, 9.17) is 26.3 Å². The van der Waals surface area contributed by atoms with Gasteiger partial charge in [0.05, 0.1) is 12.7 Å². The van der Waals surface area contributed by atoms with Crippen molar-refractivity contribution in [2.75, 3.05) is 26.4 Å². The number of rotatable bonds is 4. The standard InChI is InChI=1S/C9H14ClNO2/c10-9(5-11)7-13-6-8-1-3-12-4-2-8/h8-9H,1-4,6-7H2. The number of nitrogens with zero attached hydrogens (tertiary/aromatic N) is 1. The maximum Gasteiger partial charge on any atom is 0.143 e. The van der Waals surface area contributed by atoms with Crippen LogP contribution in [0.25, 0.3) is 0 Å². The van der Waals surface area contributed by atoms with Crippen molar-refractivity contribution >= 4 is 11.6 Å². The number of halogens is 1. The molecule has 0 aromatic carbocycles. The van der Waals surface area contributed by atoms with Crippen LogP contribution in [0.2, 0.25) is 0 Å². The van der Waals surface area contributed by atoms with Gasteiger partial charge in [0.1, 0.15) is 5.38 Å². The maximum absolute atomic E-state index is 8.39. The minimum atomic E-state index is -0.514. The molecule has 13 heavy (non-hydrogen) atoms. The quantitative estimate of drug-likeness (QED) is 0.652. The predicted octanol–water partition coefficient (Wildman–Crippen LogP) is 1.56. The fraction of sp³-hybridized carbons (Fsp3) is 0.889. The Labute approximate surface area is 83.6 Å². The van der Waals surface area contributed by atoms with Gasteiger partial charge in [-0.25, -0.2) is 0 Å². The molecule has 0 aliphatic carbocycles. The van der Waals surface area contributed by atoms with Crippen molar-refractivity contribution < 1.29 is 9.47 Å². The van der Waals surface area contributed by atoms with Crippen molar-refractivity contribution in [1.29, 1.82) is 5.26 Å². The van der Waals surface area contributed by atoms with E-state index >= 15 is 0 Å². The van der Waals surface area contributed by atoms with Gasteiger partial charge in [0.25, 0.3) is 0 Å². The average molecular weight is 204 g/mol. The smallest absolute Gasteiger partial charge is 0.143 e. The molecule has 1 unspecified atom stereocenters. The molecular formula is C9H14ClNO2. The summed E-state index contributed by atoms with van der Waals surface area (Å²) in [5, 5.41) is 7.88. The first kappa shape index (κ1) is 10.8. The van der Waals surface area contributed by atoms with Crippen molar-refractivity contribution in [3.63, 3.8) is 0 Å². The van der Waals surface area contributed by atoms with Crippen LogP contribution in [-0.4, -0.2) is 31.8 Å². The van der Waals surface area contributed by atoms with Crippen LogP contribution in [0.4, 0.5) is 0 Å². The van der Waals surface area contributed by atoms with Gasteiger partial charge in [0.2, 0.25) is 0 Å². The Bertz CT molecular complexity index is 175. The molecule has 0 bridgehead atoms. The zero-order chi connectivity index (χ0) is 9.52. The van der Waals surface area contributed by atoms with Crippen LogP contribution in [0.1, 0.15) is 12.8 Å². The van der Waals surface area contributed by atoms with Gasteiger partial charge in [0.15, 0.2) is 0 Å². The topological polar surface area (TPSA) is 42.2 Å². The Balaban J connectivity index is 2.02. The zero-order valence-corrected chi connectivity index (χ0v) is 8.29. The fourth-order valence-corrected chi connectivity index (χ4v) is 1.38. The largest absolute Gasteiger partial charge is 0.381 e. The van der Waals surface area contributed by atoms with Gasteiger partial charge in [-0.05, 0) is 18.8 Å². The minimum absolute atomic E-state index is 0.329. The average Bonchev–Trinajstić information content (AvgIpc) is 2.19. The first-order valence-corrected chi connectivity index (χ1v) is 4.95. The number of ether oxygens (including phenoxy) is 2. The van der Waals surface area contributed by atoms with Crippen LogP contribution in [0.15, 0.2) is 0 Å². The Morgan fingerprint density at radius 1 is 1.54 bits per heavy atom. The maximum atomic E-state index is 8.39. The van der Waals surface area contributed by atoms with Crippen LogP contribution in [0.3, 0.4) is 0 Å². The van der Waals surface area contributed by atoms with Crippen molar-refractivity contribution in [3.05, 3.63) is 0 Å². The van der Waals surface area contributed by atoms with Crippen LogP contribution in [0.5, 0.6) is 0 Å². The Hall–Kier alpha value is -0.300. The summed E-state index contributed by atoms with van der Waals surface area (Å²) in [6.45, 7) is 2.69. The van der Waals surface area contributed by atoms with Gasteiger partial charge >= 0.3 is 0 Å². The minimum Gasteiger partial charge on any atom is -0.381 e. The second-order valence-corrected chi connectivity index (χ2v) is 3.72. The zero-order valence-electron chi connectivity index (χ0n) is 7.54. The lowest BCUT2D eigenvalue weighted by molar-refractivity contribution is 0.0224. The third-order valence-corrected chi connectivity index (χ3v) is 2.32. The van der Waals surface area contributed by atoms with Gasteiger partial charge in [0, 0.05) is 19.8 Å². The van der Waals surface area contributed by atoms with Gasteiger partial charge < -0.3 is 9.47 Å². The molecule has 0 amide bonds. The van der Waals surface area contributed by atoms with Crippen LogP contribution >= 0.6 is 11.6 Å². The number of hydrogen-bond acceptors (Lipinski definition) is 3. The van der Waals surface area contributed by atoms with Crippen molar-refractivity contribution in [1.82, 2.24) is 0 Å². The van der Waals surface area contributed by atoms with E-state index in [1.165, 1.54) is 0 Å².